The van der Waals surface area contributed by atoms with Gasteiger partial charge in [-0.3, -0.25) is 0 Å². The number of amides is 2. The average molecular weight is 423 g/mol. The van der Waals surface area contributed by atoms with E-state index in [1.54, 1.807) is 17.0 Å². The summed E-state index contributed by atoms with van der Waals surface area (Å²) in [5, 5.41) is 16.3. The van der Waals surface area contributed by atoms with Gasteiger partial charge in [-0.1, -0.05) is 29.3 Å². The Kier molecular flexibility index (Phi) is 6.65. The Bertz CT molecular complexity index is 862. The Hall–Kier alpha value is -2.02. The lowest BCUT2D eigenvalue weighted by Crippen LogP contribution is -2.43. The number of carbonyl (C=O) groups is 1. The van der Waals surface area contributed by atoms with Crippen LogP contribution in [0.3, 0.4) is 0 Å². The summed E-state index contributed by atoms with van der Waals surface area (Å²) in [6.45, 7) is 4.97. The van der Waals surface area contributed by atoms with Gasteiger partial charge in [0.05, 0.1) is 22.7 Å². The number of hydrogen-bond acceptors (Lipinski definition) is 4. The van der Waals surface area contributed by atoms with Gasteiger partial charge in [0.25, 0.3) is 0 Å². The molecule has 6 nitrogen and oxygen atoms in total. The van der Waals surface area contributed by atoms with Gasteiger partial charge in [0.15, 0.2) is 0 Å². The van der Waals surface area contributed by atoms with Crippen LogP contribution in [0.15, 0.2) is 30.5 Å². The van der Waals surface area contributed by atoms with E-state index in [1.165, 1.54) is 0 Å². The number of urea groups is 1. The molecule has 0 radical (unpaired) electrons. The average Bonchev–Trinajstić information content (AvgIpc) is 2.69. The fraction of sp³-hybridized carbons (Fsp3) is 0.400. The van der Waals surface area contributed by atoms with Gasteiger partial charge < -0.3 is 20.6 Å². The van der Waals surface area contributed by atoms with Crippen molar-refractivity contribution in [3.63, 3.8) is 0 Å². The normalized spacial score (nSPS) is 15.5. The second-order valence-electron chi connectivity index (χ2n) is 7.08. The first kappa shape index (κ1) is 20.7. The van der Waals surface area contributed by atoms with E-state index in [0.29, 0.717) is 29.0 Å². The molecule has 3 rings (SSSR count). The monoisotopic (exact) mass is 422 g/mol. The predicted molar refractivity (Wildman–Crippen MR) is 112 cm³/mol. The van der Waals surface area contributed by atoms with Crippen LogP contribution in [-0.2, 0) is 13.0 Å². The van der Waals surface area contributed by atoms with E-state index >= 15 is 0 Å². The highest BCUT2D eigenvalue weighted by Gasteiger charge is 2.23. The van der Waals surface area contributed by atoms with Gasteiger partial charge in [-0.15, -0.1) is 0 Å². The van der Waals surface area contributed by atoms with E-state index in [9.17, 15) is 9.90 Å². The van der Waals surface area contributed by atoms with E-state index in [4.69, 9.17) is 23.2 Å². The molecule has 0 bridgehead atoms. The number of carbonyl (C=O) groups excluding carboxylic acids is 1. The first-order valence-corrected chi connectivity index (χ1v) is 9.98. The Balaban J connectivity index is 1.66. The molecule has 0 saturated heterocycles. The third-order valence-electron chi connectivity index (χ3n) is 4.83. The molecule has 0 saturated carbocycles. The maximum Gasteiger partial charge on any atom is 0.318 e. The zero-order chi connectivity index (χ0) is 20.3. The first-order valence-electron chi connectivity index (χ1n) is 9.23. The van der Waals surface area contributed by atoms with Gasteiger partial charge >= 0.3 is 6.03 Å². The first-order chi connectivity index (χ1) is 13.4. The Morgan fingerprint density at radius 3 is 2.75 bits per heavy atom. The van der Waals surface area contributed by atoms with Crippen LogP contribution in [-0.4, -0.2) is 40.2 Å². The van der Waals surface area contributed by atoms with Gasteiger partial charge in [-0.05, 0) is 55.2 Å². The number of nitrogens with zero attached hydrogens (tertiary/aromatic N) is 2. The van der Waals surface area contributed by atoms with E-state index in [2.05, 4.69) is 15.6 Å². The third kappa shape index (κ3) is 4.87. The Morgan fingerprint density at radius 2 is 2.04 bits per heavy atom. The minimum Gasteiger partial charge on any atom is -0.394 e. The summed E-state index contributed by atoms with van der Waals surface area (Å²) in [6.07, 6.45) is 2.60. The highest BCUT2D eigenvalue weighted by Crippen LogP contribution is 2.26. The van der Waals surface area contributed by atoms with Crippen LogP contribution in [0.4, 0.5) is 10.6 Å². The summed E-state index contributed by atoms with van der Waals surface area (Å²) in [5.41, 5.74) is 3.10. The maximum atomic E-state index is 12.7. The number of rotatable bonds is 5. The lowest BCUT2D eigenvalue weighted by molar-refractivity contribution is 0.189. The van der Waals surface area contributed by atoms with Crippen LogP contribution in [0.25, 0.3) is 0 Å². The summed E-state index contributed by atoms with van der Waals surface area (Å²) in [6, 6.07) is 6.91. The molecule has 2 amide bonds. The van der Waals surface area contributed by atoms with Crippen molar-refractivity contribution >= 4 is 35.1 Å². The van der Waals surface area contributed by atoms with Crippen molar-refractivity contribution in [3.8, 4) is 0 Å². The zero-order valence-electron chi connectivity index (χ0n) is 15.9. The van der Waals surface area contributed by atoms with Crippen molar-refractivity contribution in [1.82, 2.24) is 15.2 Å². The second-order valence-corrected chi connectivity index (χ2v) is 7.90. The van der Waals surface area contributed by atoms with Crippen LogP contribution >= 0.6 is 23.2 Å². The van der Waals surface area contributed by atoms with Gasteiger partial charge in [-0.2, -0.15) is 0 Å². The molecule has 1 aromatic carbocycles. The topological polar surface area (TPSA) is 77.5 Å². The van der Waals surface area contributed by atoms with Crippen molar-refractivity contribution < 1.29 is 9.90 Å². The molecule has 0 spiro atoms. The number of aliphatic hydroxyl groups is 1. The molecule has 3 N–H and O–H groups in total. The van der Waals surface area contributed by atoms with Crippen molar-refractivity contribution in [1.29, 1.82) is 0 Å². The van der Waals surface area contributed by atoms with E-state index < -0.39 is 0 Å². The minimum absolute atomic E-state index is 0.0277. The van der Waals surface area contributed by atoms with Crippen molar-refractivity contribution in [2.45, 2.75) is 38.9 Å². The fourth-order valence-corrected chi connectivity index (χ4v) is 3.44. The molecule has 2 atom stereocenters. The lowest BCUT2D eigenvalue weighted by Gasteiger charge is -2.30. The molecule has 0 unspecified atom stereocenters. The number of hydrogen-bond donors (Lipinski definition) is 3. The van der Waals surface area contributed by atoms with Crippen LogP contribution in [0, 0.1) is 0 Å². The van der Waals surface area contributed by atoms with E-state index in [0.717, 1.165) is 23.1 Å². The van der Waals surface area contributed by atoms with Gasteiger partial charge in [0.2, 0.25) is 0 Å². The molecule has 0 fully saturated rings. The summed E-state index contributed by atoms with van der Waals surface area (Å²) >= 11 is 12.0. The SMILES string of the molecule is C[C@@H](CO)Nc1cc2c(cn1)CCN(C(=O)N[C@H](C)c1ccc(Cl)c(Cl)c1)C2. The molecule has 8 heteroatoms. The number of anilines is 1. The highest BCUT2D eigenvalue weighted by molar-refractivity contribution is 6.42. The standard InChI is InChI=1S/C20H24Cl2N4O2/c1-12(11-27)24-19-8-16-10-26(6-5-15(16)9-23-19)20(28)25-13(2)14-3-4-17(21)18(22)7-14/h3-4,7-9,12-13,27H,5-6,10-11H2,1-2H3,(H,23,24)(H,25,28)/t12-,13+/m0/s1. The molecule has 1 aliphatic rings. The fourth-order valence-electron chi connectivity index (χ4n) is 3.13. The Morgan fingerprint density at radius 1 is 1.25 bits per heavy atom. The molecular weight excluding hydrogens is 399 g/mol. The third-order valence-corrected chi connectivity index (χ3v) is 5.57. The van der Waals surface area contributed by atoms with E-state index in [1.807, 2.05) is 32.2 Å². The lowest BCUT2D eigenvalue weighted by atomic mass is 10.0. The molecule has 1 aliphatic heterocycles. The molecular formula is C20H24Cl2N4O2. The van der Waals surface area contributed by atoms with E-state index in [-0.39, 0.29) is 24.7 Å². The van der Waals surface area contributed by atoms with Crippen molar-refractivity contribution in [2.75, 3.05) is 18.5 Å². The maximum absolute atomic E-state index is 12.7. The number of fused-ring (bicyclic) bond motifs is 1. The number of benzene rings is 1. The van der Waals surface area contributed by atoms with Crippen LogP contribution < -0.4 is 10.6 Å². The highest BCUT2D eigenvalue weighted by atomic mass is 35.5. The number of nitrogens with one attached hydrogen (secondary N) is 2. The predicted octanol–water partition coefficient (Wildman–Crippen LogP) is 4.01. The smallest absolute Gasteiger partial charge is 0.318 e. The number of aliphatic hydroxyl groups excluding tert-OH is 1. The van der Waals surface area contributed by atoms with Crippen molar-refractivity contribution in [3.05, 3.63) is 57.2 Å². The largest absolute Gasteiger partial charge is 0.394 e. The van der Waals surface area contributed by atoms with Crippen LogP contribution in [0.5, 0.6) is 0 Å². The summed E-state index contributed by atoms with van der Waals surface area (Å²) < 4.78 is 0. The summed E-state index contributed by atoms with van der Waals surface area (Å²) in [7, 11) is 0. The zero-order valence-corrected chi connectivity index (χ0v) is 17.4. The number of aromatic nitrogens is 1. The van der Waals surface area contributed by atoms with Gasteiger partial charge in [0, 0.05) is 25.3 Å². The Labute approximate surface area is 174 Å². The van der Waals surface area contributed by atoms with Gasteiger partial charge in [0.1, 0.15) is 5.82 Å². The molecule has 0 aliphatic carbocycles. The molecule has 2 aromatic rings. The molecule has 150 valence electrons. The second kappa shape index (κ2) is 8.99. The van der Waals surface area contributed by atoms with Crippen LogP contribution in [0.2, 0.25) is 10.0 Å². The number of halogens is 2. The van der Waals surface area contributed by atoms with Crippen molar-refractivity contribution in [2.24, 2.45) is 0 Å². The quantitative estimate of drug-likeness (QED) is 0.679. The number of pyridine rings is 1. The molecule has 28 heavy (non-hydrogen) atoms. The van der Waals surface area contributed by atoms with Crippen LogP contribution in [0.1, 0.15) is 36.6 Å². The summed E-state index contributed by atoms with van der Waals surface area (Å²) in [5.74, 6) is 0.701. The molecule has 2 heterocycles. The molecule has 1 aromatic heterocycles. The van der Waals surface area contributed by atoms with Gasteiger partial charge in [-0.25, -0.2) is 9.78 Å². The minimum atomic E-state index is -0.191. The summed E-state index contributed by atoms with van der Waals surface area (Å²) in [4.78, 5) is 18.9.